The molecule has 0 aromatic carbocycles. The van der Waals surface area contributed by atoms with Crippen LogP contribution in [-0.4, -0.2) is 20.0 Å². The van der Waals surface area contributed by atoms with Gasteiger partial charge in [-0.15, -0.1) is 21.5 Å². The van der Waals surface area contributed by atoms with Crippen LogP contribution in [0.4, 0.5) is 13.2 Å². The number of halogens is 3. The van der Waals surface area contributed by atoms with Gasteiger partial charge in [0.15, 0.2) is 5.69 Å². The molecule has 9 heteroatoms. The predicted molar refractivity (Wildman–Crippen MR) is 64.8 cm³/mol. The molecule has 0 radical (unpaired) electrons. The van der Waals surface area contributed by atoms with Gasteiger partial charge in [0.1, 0.15) is 0 Å². The van der Waals surface area contributed by atoms with E-state index in [1.165, 1.54) is 24.6 Å². The van der Waals surface area contributed by atoms with Crippen LogP contribution in [0.5, 0.6) is 0 Å². The Kier molecular flexibility index (Phi) is 2.85. The van der Waals surface area contributed by atoms with Crippen molar-refractivity contribution in [2.24, 2.45) is 7.05 Å². The first kappa shape index (κ1) is 12.9. The first-order chi connectivity index (χ1) is 9.45. The second-order valence-corrected chi connectivity index (χ2v) is 4.90. The highest BCUT2D eigenvalue weighted by atomic mass is 32.1. The maximum absolute atomic E-state index is 12.9. The minimum atomic E-state index is -4.58. The van der Waals surface area contributed by atoms with E-state index in [9.17, 15) is 13.2 Å². The van der Waals surface area contributed by atoms with Crippen molar-refractivity contribution in [2.75, 3.05) is 0 Å². The summed E-state index contributed by atoms with van der Waals surface area (Å²) in [5.74, 6) is -0.0131. The summed E-state index contributed by atoms with van der Waals surface area (Å²) in [5.41, 5.74) is -1.27. The molecular weight excluding hydrogens is 293 g/mol. The summed E-state index contributed by atoms with van der Waals surface area (Å²) in [6.07, 6.45) is -3.37. The average molecular weight is 300 g/mol. The Morgan fingerprint density at radius 2 is 2.00 bits per heavy atom. The molecule has 0 amide bonds. The van der Waals surface area contributed by atoms with Gasteiger partial charge in [-0.1, -0.05) is 6.07 Å². The van der Waals surface area contributed by atoms with Crippen LogP contribution in [0.1, 0.15) is 5.69 Å². The van der Waals surface area contributed by atoms with Gasteiger partial charge in [0.05, 0.1) is 10.4 Å². The van der Waals surface area contributed by atoms with E-state index in [0.29, 0.717) is 4.88 Å². The van der Waals surface area contributed by atoms with Crippen LogP contribution in [0.3, 0.4) is 0 Å². The van der Waals surface area contributed by atoms with Crippen molar-refractivity contribution in [3.63, 3.8) is 0 Å². The third-order valence-electron chi connectivity index (χ3n) is 2.48. The highest BCUT2D eigenvalue weighted by Gasteiger charge is 2.38. The van der Waals surface area contributed by atoms with Gasteiger partial charge in [-0.25, -0.2) is 0 Å². The van der Waals surface area contributed by atoms with Crippen LogP contribution in [0.25, 0.3) is 22.2 Å². The molecule has 0 saturated carbocycles. The van der Waals surface area contributed by atoms with E-state index in [4.69, 9.17) is 4.42 Å². The minimum absolute atomic E-state index is 0.187. The molecule has 0 aliphatic carbocycles. The summed E-state index contributed by atoms with van der Waals surface area (Å²) in [4.78, 5) is 0.696. The third-order valence-corrected chi connectivity index (χ3v) is 3.34. The Bertz CT molecular complexity index is 729. The Balaban J connectivity index is 2.06. The lowest BCUT2D eigenvalue weighted by molar-refractivity contribution is -0.141. The molecule has 0 saturated heterocycles. The smallest absolute Gasteiger partial charge is 0.415 e. The number of nitrogens with zero attached hydrogens (tertiary/aromatic N) is 4. The van der Waals surface area contributed by atoms with Crippen LogP contribution in [0.2, 0.25) is 0 Å². The topological polar surface area (TPSA) is 56.7 Å². The maximum Gasteiger partial charge on any atom is 0.435 e. The van der Waals surface area contributed by atoms with Crippen molar-refractivity contribution in [3.05, 3.63) is 29.4 Å². The van der Waals surface area contributed by atoms with E-state index in [1.54, 1.807) is 12.1 Å². The van der Waals surface area contributed by atoms with E-state index in [1.807, 2.05) is 5.38 Å². The highest BCUT2D eigenvalue weighted by Crippen LogP contribution is 2.36. The predicted octanol–water partition coefficient (Wildman–Crippen LogP) is 3.22. The van der Waals surface area contributed by atoms with Gasteiger partial charge in [-0.3, -0.25) is 4.68 Å². The molecule has 0 unspecified atom stereocenters. The number of hydrogen-bond acceptors (Lipinski definition) is 5. The Morgan fingerprint density at radius 3 is 2.65 bits per heavy atom. The van der Waals surface area contributed by atoms with Crippen LogP contribution >= 0.6 is 11.3 Å². The maximum atomic E-state index is 12.9. The van der Waals surface area contributed by atoms with Gasteiger partial charge in [0.25, 0.3) is 11.8 Å². The monoisotopic (exact) mass is 300 g/mol. The van der Waals surface area contributed by atoms with Crippen LogP contribution < -0.4 is 0 Å². The number of thiophene rings is 1. The molecule has 0 fully saturated rings. The molecule has 3 heterocycles. The number of hydrogen-bond donors (Lipinski definition) is 0. The Labute approximate surface area is 114 Å². The van der Waals surface area contributed by atoms with E-state index < -0.39 is 11.9 Å². The summed E-state index contributed by atoms with van der Waals surface area (Å²) in [6.45, 7) is 0. The fourth-order valence-electron chi connectivity index (χ4n) is 1.69. The largest absolute Gasteiger partial charge is 0.435 e. The molecule has 0 bridgehead atoms. The molecule has 0 N–H and O–H groups in total. The third kappa shape index (κ3) is 2.20. The molecule has 0 aliphatic heterocycles. The number of alkyl halides is 3. The van der Waals surface area contributed by atoms with Crippen molar-refractivity contribution < 1.29 is 17.6 Å². The first-order valence-electron chi connectivity index (χ1n) is 5.44. The van der Waals surface area contributed by atoms with Gasteiger partial charge < -0.3 is 4.42 Å². The molecule has 104 valence electrons. The summed E-state index contributed by atoms with van der Waals surface area (Å²) in [7, 11) is 1.40. The molecule has 3 aromatic heterocycles. The van der Waals surface area contributed by atoms with Crippen molar-refractivity contribution in [1.82, 2.24) is 20.0 Å². The van der Waals surface area contributed by atoms with E-state index in [2.05, 4.69) is 15.3 Å². The molecule has 20 heavy (non-hydrogen) atoms. The highest BCUT2D eigenvalue weighted by molar-refractivity contribution is 7.13. The second-order valence-electron chi connectivity index (χ2n) is 3.95. The quantitative estimate of drug-likeness (QED) is 0.729. The second kappa shape index (κ2) is 4.44. The van der Waals surface area contributed by atoms with Gasteiger partial charge in [-0.05, 0) is 11.4 Å². The van der Waals surface area contributed by atoms with E-state index >= 15 is 0 Å². The molecular formula is C11H7F3N4OS. The normalized spacial score (nSPS) is 12.0. The van der Waals surface area contributed by atoms with Crippen molar-refractivity contribution in [2.45, 2.75) is 6.18 Å². The lowest BCUT2D eigenvalue weighted by Gasteiger charge is -2.02. The van der Waals surface area contributed by atoms with E-state index in [-0.39, 0.29) is 17.3 Å². The molecule has 0 atom stereocenters. The molecule has 0 aliphatic rings. The SMILES string of the molecule is Cn1cc(-c2nnc(-c3cccs3)o2)c(C(F)(F)F)n1. The summed E-state index contributed by atoms with van der Waals surface area (Å²) < 4.78 is 45.0. The van der Waals surface area contributed by atoms with Crippen molar-refractivity contribution >= 4 is 11.3 Å². The first-order valence-corrected chi connectivity index (χ1v) is 6.31. The number of aromatic nitrogens is 4. The Morgan fingerprint density at radius 1 is 1.25 bits per heavy atom. The molecule has 0 spiro atoms. The van der Waals surface area contributed by atoms with Crippen molar-refractivity contribution in [1.29, 1.82) is 0 Å². The fourth-order valence-corrected chi connectivity index (χ4v) is 2.33. The number of aryl methyl sites for hydroxylation is 1. The van der Waals surface area contributed by atoms with Crippen molar-refractivity contribution in [3.8, 4) is 22.2 Å². The van der Waals surface area contributed by atoms with Crippen LogP contribution in [0.15, 0.2) is 28.1 Å². The van der Waals surface area contributed by atoms with Gasteiger partial charge in [0, 0.05) is 13.2 Å². The van der Waals surface area contributed by atoms with Gasteiger partial charge in [0.2, 0.25) is 0 Å². The molecule has 3 aromatic rings. The summed E-state index contributed by atoms with van der Waals surface area (Å²) in [6, 6.07) is 3.53. The lowest BCUT2D eigenvalue weighted by atomic mass is 10.2. The zero-order valence-corrected chi connectivity index (χ0v) is 10.9. The fraction of sp³-hybridized carbons (Fsp3) is 0.182. The van der Waals surface area contributed by atoms with Crippen LogP contribution in [0, 0.1) is 0 Å². The minimum Gasteiger partial charge on any atom is -0.415 e. The van der Waals surface area contributed by atoms with E-state index in [0.717, 1.165) is 4.68 Å². The van der Waals surface area contributed by atoms with Gasteiger partial charge in [-0.2, -0.15) is 18.3 Å². The average Bonchev–Trinajstić information content (AvgIpc) is 3.06. The standard InChI is InChI=1S/C11H7F3N4OS/c1-18-5-6(8(17-18)11(12,13)14)9-15-16-10(19-9)7-3-2-4-20-7/h2-5H,1H3. The molecule has 3 rings (SSSR count). The summed E-state index contributed by atoms with van der Waals surface area (Å²) in [5, 5.41) is 12.6. The van der Waals surface area contributed by atoms with Crippen LogP contribution in [-0.2, 0) is 13.2 Å². The lowest BCUT2D eigenvalue weighted by Crippen LogP contribution is -2.08. The molecule has 5 nitrogen and oxygen atoms in total. The van der Waals surface area contributed by atoms with Gasteiger partial charge >= 0.3 is 6.18 Å². The zero-order chi connectivity index (χ0) is 14.3. The summed E-state index contributed by atoms with van der Waals surface area (Å²) >= 11 is 1.36. The zero-order valence-electron chi connectivity index (χ0n) is 10.0. The Hall–Kier alpha value is -2.16. The number of rotatable bonds is 2.